The molecule has 0 saturated carbocycles. The van der Waals surface area contributed by atoms with E-state index in [1.165, 1.54) is 53.5 Å². The zero-order valence-corrected chi connectivity index (χ0v) is 15.0. The molecule has 0 bridgehead atoms. The molecule has 26 heavy (non-hydrogen) atoms. The summed E-state index contributed by atoms with van der Waals surface area (Å²) in [6, 6.07) is 12.4. The van der Waals surface area contributed by atoms with Gasteiger partial charge >= 0.3 is 0 Å². The van der Waals surface area contributed by atoms with Crippen molar-refractivity contribution in [1.29, 1.82) is 0 Å². The quantitative estimate of drug-likeness (QED) is 0.661. The summed E-state index contributed by atoms with van der Waals surface area (Å²) < 4.78 is 0. The van der Waals surface area contributed by atoms with Crippen LogP contribution in [-0.4, -0.2) is 10.9 Å². The number of aryl methyl sites for hydroxylation is 3. The molecular formula is C23H24N2O. The van der Waals surface area contributed by atoms with Gasteiger partial charge in [-0.2, -0.15) is 0 Å². The smallest absolute Gasteiger partial charge is 0.255 e. The van der Waals surface area contributed by atoms with Gasteiger partial charge in [-0.1, -0.05) is 12.1 Å². The minimum absolute atomic E-state index is 0.00312. The van der Waals surface area contributed by atoms with E-state index in [2.05, 4.69) is 34.6 Å². The summed E-state index contributed by atoms with van der Waals surface area (Å²) in [6.07, 6.45) is 9.39. The highest BCUT2D eigenvalue weighted by atomic mass is 16.1. The maximum absolute atomic E-state index is 12.9. The number of benzene rings is 2. The van der Waals surface area contributed by atoms with Crippen LogP contribution in [0.25, 0.3) is 10.9 Å². The molecule has 3 heteroatoms. The Morgan fingerprint density at radius 3 is 2.62 bits per heavy atom. The fraction of sp³-hybridized carbons (Fsp3) is 0.348. The van der Waals surface area contributed by atoms with Gasteiger partial charge in [0.1, 0.15) is 0 Å². The highest BCUT2D eigenvalue weighted by molar-refractivity contribution is 6.07. The van der Waals surface area contributed by atoms with Gasteiger partial charge in [0.15, 0.2) is 0 Å². The van der Waals surface area contributed by atoms with E-state index in [1.807, 2.05) is 12.1 Å². The van der Waals surface area contributed by atoms with Crippen LogP contribution in [-0.2, 0) is 25.7 Å². The lowest BCUT2D eigenvalue weighted by Crippen LogP contribution is -2.15. The van der Waals surface area contributed by atoms with E-state index >= 15 is 0 Å². The topological polar surface area (TPSA) is 44.9 Å². The number of hydrogen-bond acceptors (Lipinski definition) is 1. The Morgan fingerprint density at radius 1 is 0.885 bits per heavy atom. The molecule has 0 spiro atoms. The molecule has 2 aromatic carbocycles. The van der Waals surface area contributed by atoms with Crippen molar-refractivity contribution >= 4 is 22.5 Å². The number of fused-ring (bicyclic) bond motifs is 4. The number of amides is 1. The number of aromatic nitrogens is 1. The number of H-pyrrole nitrogens is 1. The molecule has 3 nitrogen and oxygen atoms in total. The van der Waals surface area contributed by atoms with Crippen LogP contribution < -0.4 is 5.32 Å². The van der Waals surface area contributed by atoms with Crippen LogP contribution in [0.3, 0.4) is 0 Å². The van der Waals surface area contributed by atoms with Crippen molar-refractivity contribution in [2.45, 2.75) is 51.4 Å². The fourth-order valence-corrected chi connectivity index (χ4v) is 4.64. The molecule has 1 amide bonds. The SMILES string of the molecule is O=C(Nc1cccc2c1CCCC2)c1ccc2[nH]c3c(c2c1)CCCC3. The highest BCUT2D eigenvalue weighted by Gasteiger charge is 2.18. The van der Waals surface area contributed by atoms with Gasteiger partial charge in [0.05, 0.1) is 0 Å². The standard InChI is InChI=1S/C23H24N2O/c26-23(25-20-11-5-7-15-6-1-2-8-17(15)20)16-12-13-22-19(14-16)18-9-3-4-10-21(18)24-22/h5,7,11-14,24H,1-4,6,8-10H2,(H,25,26). The zero-order valence-electron chi connectivity index (χ0n) is 15.0. The number of carbonyl (C=O) groups is 1. The van der Waals surface area contributed by atoms with Gasteiger partial charge in [0.2, 0.25) is 0 Å². The number of nitrogens with one attached hydrogen (secondary N) is 2. The Bertz CT molecular complexity index is 999. The molecule has 1 aromatic heterocycles. The first-order valence-electron chi connectivity index (χ1n) is 9.85. The predicted molar refractivity (Wildman–Crippen MR) is 106 cm³/mol. The van der Waals surface area contributed by atoms with Crippen molar-refractivity contribution in [3.8, 4) is 0 Å². The fourth-order valence-electron chi connectivity index (χ4n) is 4.64. The van der Waals surface area contributed by atoms with Crippen LogP contribution in [0, 0.1) is 0 Å². The maximum atomic E-state index is 12.9. The van der Waals surface area contributed by atoms with E-state index in [0.717, 1.165) is 42.5 Å². The van der Waals surface area contributed by atoms with Gasteiger partial charge in [-0.25, -0.2) is 0 Å². The van der Waals surface area contributed by atoms with Crippen molar-refractivity contribution in [2.24, 2.45) is 0 Å². The Balaban J connectivity index is 1.47. The number of rotatable bonds is 2. The van der Waals surface area contributed by atoms with E-state index in [0.29, 0.717) is 0 Å². The first-order valence-corrected chi connectivity index (χ1v) is 9.85. The van der Waals surface area contributed by atoms with Gasteiger partial charge < -0.3 is 10.3 Å². The largest absolute Gasteiger partial charge is 0.358 e. The summed E-state index contributed by atoms with van der Waals surface area (Å²) >= 11 is 0. The minimum atomic E-state index is -0.00312. The van der Waals surface area contributed by atoms with Gasteiger partial charge in [-0.15, -0.1) is 0 Å². The van der Waals surface area contributed by atoms with Crippen molar-refractivity contribution in [3.05, 3.63) is 64.3 Å². The number of aromatic amines is 1. The Kier molecular flexibility index (Phi) is 3.81. The molecule has 0 aliphatic heterocycles. The Morgan fingerprint density at radius 2 is 1.69 bits per heavy atom. The molecule has 2 aliphatic rings. The molecular weight excluding hydrogens is 320 g/mol. The van der Waals surface area contributed by atoms with Crippen LogP contribution in [0.5, 0.6) is 0 Å². The second kappa shape index (κ2) is 6.31. The van der Waals surface area contributed by atoms with Crippen LogP contribution in [0.2, 0.25) is 0 Å². The monoisotopic (exact) mass is 344 g/mol. The van der Waals surface area contributed by atoms with E-state index in [-0.39, 0.29) is 5.91 Å². The van der Waals surface area contributed by atoms with Crippen LogP contribution >= 0.6 is 0 Å². The third-order valence-electron chi connectivity index (χ3n) is 6.00. The molecule has 132 valence electrons. The average molecular weight is 344 g/mol. The molecule has 1 heterocycles. The summed E-state index contributed by atoms with van der Waals surface area (Å²) in [5.41, 5.74) is 8.39. The second-order valence-electron chi connectivity index (χ2n) is 7.65. The lowest BCUT2D eigenvalue weighted by molar-refractivity contribution is 0.102. The first-order chi connectivity index (χ1) is 12.8. The van der Waals surface area contributed by atoms with Gasteiger partial charge in [0, 0.05) is 27.8 Å². The molecule has 0 radical (unpaired) electrons. The van der Waals surface area contributed by atoms with E-state index in [9.17, 15) is 4.79 Å². The summed E-state index contributed by atoms with van der Waals surface area (Å²) in [5, 5.41) is 4.40. The summed E-state index contributed by atoms with van der Waals surface area (Å²) in [4.78, 5) is 16.5. The molecule has 0 atom stereocenters. The lowest BCUT2D eigenvalue weighted by Gasteiger charge is -2.19. The minimum Gasteiger partial charge on any atom is -0.358 e. The number of anilines is 1. The third kappa shape index (κ3) is 2.63. The van der Waals surface area contributed by atoms with E-state index in [1.54, 1.807) is 0 Å². The maximum Gasteiger partial charge on any atom is 0.255 e. The highest BCUT2D eigenvalue weighted by Crippen LogP contribution is 2.31. The molecule has 0 saturated heterocycles. The lowest BCUT2D eigenvalue weighted by atomic mass is 9.90. The van der Waals surface area contributed by atoms with Gasteiger partial charge in [-0.3, -0.25) is 4.79 Å². The summed E-state index contributed by atoms with van der Waals surface area (Å²) in [6.45, 7) is 0. The number of carbonyl (C=O) groups excluding carboxylic acids is 1. The molecule has 2 aliphatic carbocycles. The summed E-state index contributed by atoms with van der Waals surface area (Å²) in [5.74, 6) is -0.00312. The Labute approximate surface area is 153 Å². The second-order valence-corrected chi connectivity index (χ2v) is 7.65. The summed E-state index contributed by atoms with van der Waals surface area (Å²) in [7, 11) is 0. The van der Waals surface area contributed by atoms with Crippen LogP contribution in [0.4, 0.5) is 5.69 Å². The molecule has 0 unspecified atom stereocenters. The molecule has 3 aromatic rings. The first kappa shape index (κ1) is 15.7. The predicted octanol–water partition coefficient (Wildman–Crippen LogP) is 5.18. The average Bonchev–Trinajstić information content (AvgIpc) is 3.06. The van der Waals surface area contributed by atoms with Crippen molar-refractivity contribution < 1.29 is 4.79 Å². The van der Waals surface area contributed by atoms with Gasteiger partial charge in [0.25, 0.3) is 5.91 Å². The van der Waals surface area contributed by atoms with Crippen molar-refractivity contribution in [1.82, 2.24) is 4.98 Å². The normalized spacial score (nSPS) is 16.2. The molecule has 2 N–H and O–H groups in total. The Hall–Kier alpha value is -2.55. The zero-order chi connectivity index (χ0) is 17.5. The van der Waals surface area contributed by atoms with Crippen LogP contribution in [0.1, 0.15) is 58.4 Å². The van der Waals surface area contributed by atoms with Crippen LogP contribution in [0.15, 0.2) is 36.4 Å². The van der Waals surface area contributed by atoms with E-state index in [4.69, 9.17) is 0 Å². The number of hydrogen-bond donors (Lipinski definition) is 2. The molecule has 0 fully saturated rings. The third-order valence-corrected chi connectivity index (χ3v) is 6.00. The van der Waals surface area contributed by atoms with Crippen molar-refractivity contribution in [2.75, 3.05) is 5.32 Å². The van der Waals surface area contributed by atoms with Gasteiger partial charge in [-0.05, 0) is 92.3 Å². The van der Waals surface area contributed by atoms with Crippen molar-refractivity contribution in [3.63, 3.8) is 0 Å². The molecule has 5 rings (SSSR count). The van der Waals surface area contributed by atoms with E-state index < -0.39 is 0 Å².